The van der Waals surface area contributed by atoms with Gasteiger partial charge in [0.15, 0.2) is 5.82 Å². The summed E-state index contributed by atoms with van der Waals surface area (Å²) in [6, 6.07) is 10.5. The van der Waals surface area contributed by atoms with Gasteiger partial charge in [-0.1, -0.05) is 41.1 Å². The Kier molecular flexibility index (Phi) is 5.78. The molecule has 0 aliphatic rings. The second-order valence-corrected chi connectivity index (χ2v) is 8.11. The summed E-state index contributed by atoms with van der Waals surface area (Å²) in [4.78, 5) is 0. The van der Waals surface area contributed by atoms with Gasteiger partial charge in [-0.25, -0.2) is 8.78 Å². The number of hydrogen-bond donors (Lipinski definition) is 1. The van der Waals surface area contributed by atoms with Gasteiger partial charge in [-0.05, 0) is 31.5 Å². The number of aryl methyl sites for hydroxylation is 1. The fourth-order valence-electron chi connectivity index (χ4n) is 3.00. The Bertz CT molecular complexity index is 1150. The molecule has 3 aromatic heterocycles. The monoisotopic (exact) mass is 449 g/mol. The van der Waals surface area contributed by atoms with Gasteiger partial charge in [0.2, 0.25) is 5.13 Å². The van der Waals surface area contributed by atoms with Crippen LogP contribution in [0.1, 0.15) is 41.3 Å². The normalized spacial score (nSPS) is 12.5. The second kappa shape index (κ2) is 8.49. The highest BCUT2D eigenvalue weighted by molar-refractivity contribution is 7.15. The summed E-state index contributed by atoms with van der Waals surface area (Å²) >= 11 is 7.52. The van der Waals surface area contributed by atoms with E-state index in [2.05, 4.69) is 25.7 Å². The van der Waals surface area contributed by atoms with Gasteiger partial charge in [0.05, 0.1) is 6.54 Å². The first kappa shape index (κ1) is 20.4. The smallest absolute Gasteiger partial charge is 0.282 e. The van der Waals surface area contributed by atoms with Crippen molar-refractivity contribution in [3.8, 4) is 0 Å². The zero-order chi connectivity index (χ0) is 21.3. The Morgan fingerprint density at radius 3 is 2.70 bits per heavy atom. The summed E-state index contributed by atoms with van der Waals surface area (Å²) < 4.78 is 29.1. The number of aromatic nitrogens is 6. The summed E-state index contributed by atoms with van der Waals surface area (Å²) in [6.07, 6.45) is -0.764. The average molecular weight is 450 g/mol. The SMILES string of the molecule is Cc1cc(C(F)F)nn1[C@H](C)c1nnc(Nc2ccn(Cc3ccccc3Cl)n2)s1. The van der Waals surface area contributed by atoms with Crippen molar-refractivity contribution in [3.63, 3.8) is 0 Å². The van der Waals surface area contributed by atoms with Crippen molar-refractivity contribution in [1.82, 2.24) is 29.8 Å². The predicted molar refractivity (Wildman–Crippen MR) is 112 cm³/mol. The molecule has 4 rings (SSSR count). The summed E-state index contributed by atoms with van der Waals surface area (Å²) in [6.45, 7) is 4.13. The summed E-state index contributed by atoms with van der Waals surface area (Å²) in [5.74, 6) is 0.618. The molecular formula is C19H18ClF2N7S. The third-order valence-electron chi connectivity index (χ3n) is 4.50. The van der Waals surface area contributed by atoms with Gasteiger partial charge in [0.1, 0.15) is 16.7 Å². The summed E-state index contributed by atoms with van der Waals surface area (Å²) in [5.41, 5.74) is 1.37. The maximum atomic E-state index is 12.9. The largest absolute Gasteiger partial charge is 0.313 e. The molecule has 0 amide bonds. The molecule has 3 heterocycles. The van der Waals surface area contributed by atoms with Crippen molar-refractivity contribution in [2.75, 3.05) is 5.32 Å². The molecule has 1 aromatic carbocycles. The first-order chi connectivity index (χ1) is 14.4. The Labute approximate surface area is 180 Å². The minimum absolute atomic E-state index is 0.244. The molecule has 0 fully saturated rings. The van der Waals surface area contributed by atoms with Crippen molar-refractivity contribution in [1.29, 1.82) is 0 Å². The molecule has 0 unspecified atom stereocenters. The molecule has 7 nitrogen and oxygen atoms in total. The van der Waals surface area contributed by atoms with Gasteiger partial charge in [0, 0.05) is 23.0 Å². The molecular weight excluding hydrogens is 432 g/mol. The van der Waals surface area contributed by atoms with Crippen LogP contribution < -0.4 is 5.32 Å². The fourth-order valence-corrected chi connectivity index (χ4v) is 3.98. The first-order valence-corrected chi connectivity index (χ1v) is 10.3. The highest BCUT2D eigenvalue weighted by Gasteiger charge is 2.20. The lowest BCUT2D eigenvalue weighted by molar-refractivity contribution is 0.145. The Hall–Kier alpha value is -2.85. The molecule has 1 atom stereocenters. The molecule has 0 aliphatic heterocycles. The third-order valence-corrected chi connectivity index (χ3v) is 5.87. The topological polar surface area (TPSA) is 73.5 Å². The van der Waals surface area contributed by atoms with E-state index < -0.39 is 6.43 Å². The standard InChI is InChI=1S/C19H18ClF2N7S/c1-11-9-15(17(21)22)26-29(11)12(2)18-24-25-19(30-18)23-16-7-8-28(27-16)10-13-5-3-4-6-14(13)20/h3-9,12,17H,10H2,1-2H3,(H,23,25,27)/t12-/m1/s1. The molecule has 11 heteroatoms. The summed E-state index contributed by atoms with van der Waals surface area (Å²) in [7, 11) is 0. The fraction of sp³-hybridized carbons (Fsp3) is 0.263. The lowest BCUT2D eigenvalue weighted by Gasteiger charge is -2.10. The van der Waals surface area contributed by atoms with E-state index >= 15 is 0 Å². The third kappa shape index (κ3) is 4.34. The van der Waals surface area contributed by atoms with Crippen LogP contribution in [-0.2, 0) is 6.54 Å². The number of alkyl halides is 2. The van der Waals surface area contributed by atoms with E-state index in [0.29, 0.717) is 33.2 Å². The minimum atomic E-state index is -2.61. The van der Waals surface area contributed by atoms with Crippen LogP contribution in [0.3, 0.4) is 0 Å². The molecule has 0 saturated heterocycles. The Morgan fingerprint density at radius 1 is 1.17 bits per heavy atom. The lowest BCUT2D eigenvalue weighted by atomic mass is 10.2. The molecule has 0 saturated carbocycles. The van der Waals surface area contributed by atoms with E-state index in [0.717, 1.165) is 5.56 Å². The van der Waals surface area contributed by atoms with Gasteiger partial charge >= 0.3 is 0 Å². The van der Waals surface area contributed by atoms with Crippen LogP contribution >= 0.6 is 22.9 Å². The number of nitrogens with one attached hydrogen (secondary N) is 1. The van der Waals surface area contributed by atoms with E-state index in [-0.39, 0.29) is 11.7 Å². The maximum Gasteiger partial charge on any atom is 0.282 e. The molecule has 0 radical (unpaired) electrons. The molecule has 156 valence electrons. The molecule has 0 bridgehead atoms. The van der Waals surface area contributed by atoms with E-state index in [4.69, 9.17) is 11.6 Å². The van der Waals surface area contributed by atoms with Crippen molar-refractivity contribution in [2.24, 2.45) is 0 Å². The van der Waals surface area contributed by atoms with Crippen LogP contribution in [0.25, 0.3) is 0 Å². The van der Waals surface area contributed by atoms with Crippen LogP contribution in [0, 0.1) is 6.92 Å². The van der Waals surface area contributed by atoms with Crippen LogP contribution in [0.4, 0.5) is 19.7 Å². The first-order valence-electron chi connectivity index (χ1n) is 9.12. The van der Waals surface area contributed by atoms with E-state index in [1.165, 1.54) is 22.1 Å². The van der Waals surface area contributed by atoms with Crippen LogP contribution in [0.2, 0.25) is 5.02 Å². The quantitative estimate of drug-likeness (QED) is 0.418. The van der Waals surface area contributed by atoms with Crippen molar-refractivity contribution < 1.29 is 8.78 Å². The number of anilines is 2. The highest BCUT2D eigenvalue weighted by atomic mass is 35.5. The molecule has 0 spiro atoms. The van der Waals surface area contributed by atoms with Crippen LogP contribution in [0.5, 0.6) is 0 Å². The molecule has 1 N–H and O–H groups in total. The van der Waals surface area contributed by atoms with Gasteiger partial charge in [0.25, 0.3) is 6.43 Å². The van der Waals surface area contributed by atoms with Gasteiger partial charge in [-0.15, -0.1) is 10.2 Å². The minimum Gasteiger partial charge on any atom is -0.313 e. The average Bonchev–Trinajstić information content (AvgIpc) is 3.44. The van der Waals surface area contributed by atoms with Crippen molar-refractivity contribution in [2.45, 2.75) is 32.9 Å². The molecule has 4 aromatic rings. The summed E-state index contributed by atoms with van der Waals surface area (Å²) in [5, 5.41) is 21.8. The highest BCUT2D eigenvalue weighted by Crippen LogP contribution is 2.28. The van der Waals surface area contributed by atoms with Gasteiger partial charge in [-0.3, -0.25) is 9.36 Å². The number of rotatable bonds is 7. The predicted octanol–water partition coefficient (Wildman–Crippen LogP) is 5.23. The Balaban J connectivity index is 1.45. The van der Waals surface area contributed by atoms with Crippen molar-refractivity contribution >= 4 is 33.9 Å². The van der Waals surface area contributed by atoms with Gasteiger partial charge in [-0.2, -0.15) is 10.2 Å². The van der Waals surface area contributed by atoms with Gasteiger partial charge < -0.3 is 5.32 Å². The van der Waals surface area contributed by atoms with Crippen LogP contribution in [-0.4, -0.2) is 29.8 Å². The maximum absolute atomic E-state index is 12.9. The number of nitrogens with zero attached hydrogens (tertiary/aromatic N) is 6. The van der Waals surface area contributed by atoms with E-state index in [9.17, 15) is 8.78 Å². The number of benzene rings is 1. The zero-order valence-corrected chi connectivity index (χ0v) is 17.7. The Morgan fingerprint density at radius 2 is 1.97 bits per heavy atom. The number of halogens is 3. The zero-order valence-electron chi connectivity index (χ0n) is 16.1. The second-order valence-electron chi connectivity index (χ2n) is 6.69. The van der Waals surface area contributed by atoms with Crippen molar-refractivity contribution in [3.05, 3.63) is 69.6 Å². The van der Waals surface area contributed by atoms with E-state index in [1.807, 2.05) is 43.5 Å². The van der Waals surface area contributed by atoms with E-state index in [1.54, 1.807) is 11.6 Å². The number of hydrogen-bond acceptors (Lipinski definition) is 6. The molecule has 0 aliphatic carbocycles. The lowest BCUT2D eigenvalue weighted by Crippen LogP contribution is -2.10. The van der Waals surface area contributed by atoms with Crippen LogP contribution in [0.15, 0.2) is 42.6 Å². The molecule has 30 heavy (non-hydrogen) atoms.